The number of thiophene rings is 1. The molecule has 33 heavy (non-hydrogen) atoms. The van der Waals surface area contributed by atoms with E-state index in [-0.39, 0.29) is 25.4 Å². The van der Waals surface area contributed by atoms with Crippen LogP contribution in [-0.2, 0) is 10.0 Å². The molecule has 3 N–H and O–H groups in total. The van der Waals surface area contributed by atoms with Gasteiger partial charge in [-0.25, -0.2) is 27.3 Å². The van der Waals surface area contributed by atoms with Crippen LogP contribution in [0.25, 0.3) is 16.5 Å². The number of carbonyl (C=O) groups is 1. The zero-order valence-electron chi connectivity index (χ0n) is 16.8. The second-order valence-corrected chi connectivity index (χ2v) is 10.3. The van der Waals surface area contributed by atoms with Crippen LogP contribution in [0.3, 0.4) is 0 Å². The first-order valence-electron chi connectivity index (χ1n) is 9.26. The van der Waals surface area contributed by atoms with Gasteiger partial charge in [0.1, 0.15) is 15.8 Å². The Morgan fingerprint density at radius 2 is 1.97 bits per heavy atom. The molecule has 0 aliphatic rings. The van der Waals surface area contributed by atoms with Crippen LogP contribution in [0.15, 0.2) is 63.9 Å². The number of pyridine rings is 2. The largest absolute Gasteiger partial charge is 0.386 e. The minimum absolute atomic E-state index is 0.0502. The summed E-state index contributed by atoms with van der Waals surface area (Å²) in [6.07, 6.45) is 2.84. The van der Waals surface area contributed by atoms with Gasteiger partial charge < -0.3 is 5.32 Å². The summed E-state index contributed by atoms with van der Waals surface area (Å²) in [6, 6.07) is 8.93. The summed E-state index contributed by atoms with van der Waals surface area (Å²) in [5.41, 5.74) is 0.195. The molecule has 3 aromatic heterocycles. The van der Waals surface area contributed by atoms with Crippen molar-refractivity contribution in [1.29, 1.82) is 0 Å². The quantitative estimate of drug-likeness (QED) is 0.378. The van der Waals surface area contributed by atoms with E-state index in [0.717, 1.165) is 17.4 Å². The van der Waals surface area contributed by atoms with Gasteiger partial charge in [0.2, 0.25) is 0 Å². The summed E-state index contributed by atoms with van der Waals surface area (Å²) in [5.74, 6) is -0.502. The fourth-order valence-corrected chi connectivity index (χ4v) is 5.41. The molecule has 0 bridgehead atoms. The molecule has 4 rings (SSSR count). The van der Waals surface area contributed by atoms with Crippen molar-refractivity contribution < 1.29 is 17.6 Å². The lowest BCUT2D eigenvalue weighted by Crippen LogP contribution is -2.34. The minimum atomic E-state index is -4.08. The number of amides is 2. The predicted molar refractivity (Wildman–Crippen MR) is 126 cm³/mol. The SMILES string of the molecule is CNc1cc2ccn(-c3ccc(NC(=O)NS(=O)(=O)c4ccc(Cl)s4)nc3)c(=O)c2cc1F. The number of nitrogens with one attached hydrogen (secondary N) is 3. The Labute approximate surface area is 195 Å². The summed E-state index contributed by atoms with van der Waals surface area (Å²) >= 11 is 6.54. The van der Waals surface area contributed by atoms with Gasteiger partial charge >= 0.3 is 6.03 Å². The molecule has 0 saturated heterocycles. The molecule has 0 aliphatic heterocycles. The highest BCUT2D eigenvalue weighted by Crippen LogP contribution is 2.25. The van der Waals surface area contributed by atoms with Crippen LogP contribution in [0.2, 0.25) is 4.34 Å². The number of carbonyl (C=O) groups excluding carboxylic acids is 1. The molecule has 13 heteroatoms. The van der Waals surface area contributed by atoms with Gasteiger partial charge in [0.25, 0.3) is 15.6 Å². The Morgan fingerprint density at radius 1 is 1.18 bits per heavy atom. The zero-order valence-corrected chi connectivity index (χ0v) is 19.2. The third-order valence-electron chi connectivity index (χ3n) is 4.57. The van der Waals surface area contributed by atoms with Crippen LogP contribution in [0, 0.1) is 5.82 Å². The molecule has 0 aliphatic carbocycles. The van der Waals surface area contributed by atoms with Gasteiger partial charge in [0.05, 0.1) is 27.3 Å². The number of hydrogen-bond acceptors (Lipinski definition) is 7. The number of fused-ring (bicyclic) bond motifs is 1. The number of halogens is 2. The second-order valence-electron chi connectivity index (χ2n) is 6.68. The predicted octanol–water partition coefficient (Wildman–Crippen LogP) is 3.79. The number of nitrogens with zero attached hydrogens (tertiary/aromatic N) is 2. The summed E-state index contributed by atoms with van der Waals surface area (Å²) in [7, 11) is -2.50. The van der Waals surface area contributed by atoms with Crippen LogP contribution >= 0.6 is 22.9 Å². The van der Waals surface area contributed by atoms with Gasteiger partial charge in [-0.05, 0) is 47.9 Å². The third kappa shape index (κ3) is 4.67. The number of aromatic nitrogens is 2. The molecular weight excluding hydrogens is 493 g/mol. The Morgan fingerprint density at radius 3 is 2.61 bits per heavy atom. The lowest BCUT2D eigenvalue weighted by molar-refractivity contribution is 0.256. The molecule has 9 nitrogen and oxygen atoms in total. The maximum atomic E-state index is 14.1. The fraction of sp³-hybridized carbons (Fsp3) is 0.0500. The Balaban J connectivity index is 1.54. The number of rotatable bonds is 5. The first kappa shape index (κ1) is 22.7. The van der Waals surface area contributed by atoms with E-state index in [1.807, 2.05) is 4.72 Å². The van der Waals surface area contributed by atoms with E-state index < -0.39 is 27.4 Å². The van der Waals surface area contributed by atoms with E-state index >= 15 is 0 Å². The van der Waals surface area contributed by atoms with Gasteiger partial charge in [0.15, 0.2) is 0 Å². The molecule has 170 valence electrons. The number of urea groups is 1. The molecule has 0 radical (unpaired) electrons. The average molecular weight is 508 g/mol. The lowest BCUT2D eigenvalue weighted by atomic mass is 10.1. The molecule has 1 aromatic carbocycles. The van der Waals surface area contributed by atoms with E-state index in [1.165, 1.54) is 41.2 Å². The Hall–Kier alpha value is -3.48. The molecule has 0 spiro atoms. The molecule has 4 aromatic rings. The summed E-state index contributed by atoms with van der Waals surface area (Å²) < 4.78 is 41.8. The third-order valence-corrected chi connectivity index (χ3v) is 7.62. The highest BCUT2D eigenvalue weighted by molar-refractivity contribution is 7.92. The van der Waals surface area contributed by atoms with Crippen molar-refractivity contribution in [2.45, 2.75) is 4.21 Å². The van der Waals surface area contributed by atoms with Crippen molar-refractivity contribution in [2.24, 2.45) is 0 Å². The number of sulfonamides is 1. The second kappa shape index (κ2) is 8.81. The van der Waals surface area contributed by atoms with E-state index in [9.17, 15) is 22.4 Å². The number of anilines is 2. The van der Waals surface area contributed by atoms with Crippen molar-refractivity contribution in [2.75, 3.05) is 17.7 Å². The maximum Gasteiger partial charge on any atom is 0.334 e. The zero-order chi connectivity index (χ0) is 23.8. The van der Waals surface area contributed by atoms with Crippen LogP contribution in [0.4, 0.5) is 20.7 Å². The molecule has 0 unspecified atom stereocenters. The van der Waals surface area contributed by atoms with Gasteiger partial charge in [-0.15, -0.1) is 11.3 Å². The summed E-state index contributed by atoms with van der Waals surface area (Å²) in [4.78, 5) is 29.0. The van der Waals surface area contributed by atoms with Crippen molar-refractivity contribution >= 4 is 61.3 Å². The summed E-state index contributed by atoms with van der Waals surface area (Å²) in [5, 5.41) is 5.78. The van der Waals surface area contributed by atoms with Gasteiger partial charge in [-0.3, -0.25) is 14.7 Å². The molecule has 0 fully saturated rings. The first-order valence-corrected chi connectivity index (χ1v) is 11.9. The number of hydrogen-bond donors (Lipinski definition) is 3. The van der Waals surface area contributed by atoms with Crippen LogP contribution in [0.1, 0.15) is 0 Å². The van der Waals surface area contributed by atoms with Crippen LogP contribution in [-0.4, -0.2) is 31.0 Å². The van der Waals surface area contributed by atoms with E-state index in [1.54, 1.807) is 19.2 Å². The first-order chi connectivity index (χ1) is 15.7. The topological polar surface area (TPSA) is 122 Å². The Kier molecular flexibility index (Phi) is 6.06. The van der Waals surface area contributed by atoms with Gasteiger partial charge in [-0.2, -0.15) is 0 Å². The summed E-state index contributed by atoms with van der Waals surface area (Å²) in [6.45, 7) is 0. The van der Waals surface area contributed by atoms with Crippen LogP contribution < -0.4 is 20.9 Å². The van der Waals surface area contributed by atoms with Crippen molar-refractivity contribution in [3.8, 4) is 5.69 Å². The molecule has 2 amide bonds. The van der Waals surface area contributed by atoms with Gasteiger partial charge in [0, 0.05) is 13.2 Å². The minimum Gasteiger partial charge on any atom is -0.386 e. The molecular formula is C20H15ClFN5O4S2. The fourth-order valence-electron chi connectivity index (χ4n) is 3.02. The van der Waals surface area contributed by atoms with E-state index in [0.29, 0.717) is 11.1 Å². The maximum absolute atomic E-state index is 14.1. The van der Waals surface area contributed by atoms with Crippen molar-refractivity contribution in [3.63, 3.8) is 0 Å². The smallest absolute Gasteiger partial charge is 0.334 e. The average Bonchev–Trinajstić information content (AvgIpc) is 3.22. The Bertz CT molecular complexity index is 1530. The highest BCUT2D eigenvalue weighted by Gasteiger charge is 2.20. The van der Waals surface area contributed by atoms with Crippen LogP contribution in [0.5, 0.6) is 0 Å². The standard InChI is InChI=1S/C20H15ClFN5O4S2/c1-23-15-8-11-6-7-27(19(28)13(11)9-14(15)22)12-2-4-17(24-10-12)25-20(29)26-33(30,31)18-5-3-16(21)32-18/h2-10,23H,1H3,(H2,24,25,26,29). The van der Waals surface area contributed by atoms with E-state index in [4.69, 9.17) is 11.6 Å². The lowest BCUT2D eigenvalue weighted by Gasteiger charge is -2.10. The highest BCUT2D eigenvalue weighted by atomic mass is 35.5. The van der Waals surface area contributed by atoms with Crippen molar-refractivity contribution in [1.82, 2.24) is 14.3 Å². The van der Waals surface area contributed by atoms with Gasteiger partial charge in [-0.1, -0.05) is 11.6 Å². The molecule has 0 saturated carbocycles. The molecule has 3 heterocycles. The van der Waals surface area contributed by atoms with Crippen molar-refractivity contribution in [3.05, 3.63) is 75.4 Å². The number of benzene rings is 1. The molecule has 0 atom stereocenters. The monoisotopic (exact) mass is 507 g/mol. The normalized spacial score (nSPS) is 11.4. The van der Waals surface area contributed by atoms with E-state index in [2.05, 4.69) is 15.6 Å².